The van der Waals surface area contributed by atoms with E-state index in [4.69, 9.17) is 26.2 Å². The smallest absolute Gasteiger partial charge is 0.475 e. The van der Waals surface area contributed by atoms with Crippen LogP contribution in [0.1, 0.15) is 6.42 Å². The summed E-state index contributed by atoms with van der Waals surface area (Å²) in [6, 6.07) is 0. The fourth-order valence-corrected chi connectivity index (χ4v) is 1.40. The summed E-state index contributed by atoms with van der Waals surface area (Å²) in [6.45, 7) is 1.90. The maximum Gasteiger partial charge on any atom is 0.490 e. The SMILES string of the molecule is CO[C@@H]1CCNC[C@@H]1Cl.O=C(O)C(F)(F)F. The van der Waals surface area contributed by atoms with Gasteiger partial charge in [0.2, 0.25) is 0 Å². The van der Waals surface area contributed by atoms with Crippen LogP contribution in [-0.4, -0.2) is 48.9 Å². The van der Waals surface area contributed by atoms with Gasteiger partial charge in [0, 0.05) is 13.7 Å². The zero-order valence-electron chi connectivity index (χ0n) is 8.55. The minimum Gasteiger partial charge on any atom is -0.475 e. The highest BCUT2D eigenvalue weighted by atomic mass is 35.5. The Labute approximate surface area is 95.7 Å². The minimum atomic E-state index is -5.08. The predicted molar refractivity (Wildman–Crippen MR) is 51.6 cm³/mol. The first-order valence-electron chi connectivity index (χ1n) is 4.46. The second kappa shape index (κ2) is 6.93. The molecule has 16 heavy (non-hydrogen) atoms. The third-order valence-corrected chi connectivity index (χ3v) is 2.33. The van der Waals surface area contributed by atoms with Gasteiger partial charge in [0.1, 0.15) is 0 Å². The van der Waals surface area contributed by atoms with Gasteiger partial charge in [-0.05, 0) is 13.0 Å². The molecule has 2 N–H and O–H groups in total. The van der Waals surface area contributed by atoms with Crippen molar-refractivity contribution in [3.05, 3.63) is 0 Å². The van der Waals surface area contributed by atoms with Crippen LogP contribution in [0.5, 0.6) is 0 Å². The summed E-state index contributed by atoms with van der Waals surface area (Å²) >= 11 is 5.90. The van der Waals surface area contributed by atoms with E-state index < -0.39 is 12.1 Å². The van der Waals surface area contributed by atoms with Gasteiger partial charge in [0.25, 0.3) is 0 Å². The van der Waals surface area contributed by atoms with E-state index in [1.54, 1.807) is 7.11 Å². The highest BCUT2D eigenvalue weighted by Crippen LogP contribution is 2.13. The van der Waals surface area contributed by atoms with Gasteiger partial charge in [0.15, 0.2) is 0 Å². The van der Waals surface area contributed by atoms with E-state index in [0.29, 0.717) is 0 Å². The summed E-state index contributed by atoms with van der Waals surface area (Å²) in [4.78, 5) is 8.90. The monoisotopic (exact) mass is 263 g/mol. The summed E-state index contributed by atoms with van der Waals surface area (Å²) in [5.41, 5.74) is 0. The summed E-state index contributed by atoms with van der Waals surface area (Å²) in [7, 11) is 1.71. The standard InChI is InChI=1S/C6H12ClNO.C2HF3O2/c1-9-6-2-3-8-4-5(6)7;3-2(4,5)1(6)7/h5-6,8H,2-4H2,1H3;(H,6,7)/t5-,6+;/m0./s1. The van der Waals surface area contributed by atoms with Crippen LogP contribution >= 0.6 is 11.6 Å². The number of aliphatic carboxylic acids is 1. The van der Waals surface area contributed by atoms with Crippen molar-refractivity contribution in [1.29, 1.82) is 0 Å². The minimum absolute atomic E-state index is 0.156. The van der Waals surface area contributed by atoms with Crippen LogP contribution < -0.4 is 5.32 Å². The van der Waals surface area contributed by atoms with Crippen LogP contribution in [0, 0.1) is 0 Å². The number of carboxylic acids is 1. The molecule has 0 aromatic carbocycles. The van der Waals surface area contributed by atoms with E-state index in [9.17, 15) is 13.2 Å². The van der Waals surface area contributed by atoms with Crippen LogP contribution in [0.15, 0.2) is 0 Å². The van der Waals surface area contributed by atoms with Gasteiger partial charge in [-0.25, -0.2) is 4.79 Å². The summed E-state index contributed by atoms with van der Waals surface area (Å²) < 4.78 is 36.9. The molecule has 0 bridgehead atoms. The maximum atomic E-state index is 10.6. The molecular formula is C8H13ClF3NO3. The molecule has 1 rings (SSSR count). The number of nitrogens with one attached hydrogen (secondary N) is 1. The van der Waals surface area contributed by atoms with Crippen LogP contribution in [0.25, 0.3) is 0 Å². The van der Waals surface area contributed by atoms with Gasteiger partial charge >= 0.3 is 12.1 Å². The number of piperidine rings is 1. The van der Waals surface area contributed by atoms with Crippen molar-refractivity contribution in [1.82, 2.24) is 5.32 Å². The molecular weight excluding hydrogens is 251 g/mol. The highest BCUT2D eigenvalue weighted by molar-refractivity contribution is 6.21. The molecule has 96 valence electrons. The number of hydrogen-bond donors (Lipinski definition) is 2. The van der Waals surface area contributed by atoms with Crippen LogP contribution in [0.2, 0.25) is 0 Å². The van der Waals surface area contributed by atoms with Gasteiger partial charge in [-0.3, -0.25) is 0 Å². The fraction of sp³-hybridized carbons (Fsp3) is 0.875. The zero-order chi connectivity index (χ0) is 12.8. The van der Waals surface area contributed by atoms with Crippen LogP contribution in [0.3, 0.4) is 0 Å². The number of carbonyl (C=O) groups is 1. The van der Waals surface area contributed by atoms with Crippen LogP contribution in [-0.2, 0) is 9.53 Å². The number of alkyl halides is 4. The molecule has 0 spiro atoms. The van der Waals surface area contributed by atoms with Crippen molar-refractivity contribution >= 4 is 17.6 Å². The molecule has 1 heterocycles. The Balaban J connectivity index is 0.000000293. The maximum absolute atomic E-state index is 10.6. The molecule has 0 unspecified atom stereocenters. The molecule has 0 aromatic rings. The molecule has 4 nitrogen and oxygen atoms in total. The lowest BCUT2D eigenvalue weighted by atomic mass is 10.1. The Morgan fingerprint density at radius 1 is 1.56 bits per heavy atom. The number of hydrogen-bond acceptors (Lipinski definition) is 3. The Morgan fingerprint density at radius 3 is 2.31 bits per heavy atom. The summed E-state index contributed by atoms with van der Waals surface area (Å²) in [6.07, 6.45) is -3.79. The molecule has 2 atom stereocenters. The van der Waals surface area contributed by atoms with E-state index in [1.807, 2.05) is 0 Å². The molecule has 0 amide bonds. The van der Waals surface area contributed by atoms with E-state index in [2.05, 4.69) is 5.32 Å². The molecule has 0 saturated carbocycles. The first kappa shape index (κ1) is 15.5. The normalized spacial score (nSPS) is 25.6. The molecule has 1 saturated heterocycles. The Bertz CT molecular complexity index is 225. The van der Waals surface area contributed by atoms with Gasteiger partial charge in [-0.2, -0.15) is 13.2 Å². The van der Waals surface area contributed by atoms with Gasteiger partial charge in [-0.15, -0.1) is 11.6 Å². The van der Waals surface area contributed by atoms with Gasteiger partial charge in [-0.1, -0.05) is 0 Å². The molecule has 1 aliphatic heterocycles. The van der Waals surface area contributed by atoms with Crippen LogP contribution in [0.4, 0.5) is 13.2 Å². The molecule has 8 heteroatoms. The number of halogens is 4. The Kier molecular flexibility index (Phi) is 6.70. The summed E-state index contributed by atoms with van der Waals surface area (Å²) in [5, 5.41) is 10.5. The quantitative estimate of drug-likeness (QED) is 0.699. The van der Waals surface area contributed by atoms with Gasteiger partial charge in [0.05, 0.1) is 11.5 Å². The highest BCUT2D eigenvalue weighted by Gasteiger charge is 2.38. The van der Waals surface area contributed by atoms with Crippen molar-refractivity contribution in [3.8, 4) is 0 Å². The number of methoxy groups -OCH3 is 1. The topological polar surface area (TPSA) is 58.6 Å². The Hall–Kier alpha value is -0.530. The van der Waals surface area contributed by atoms with E-state index in [0.717, 1.165) is 19.5 Å². The first-order chi connectivity index (χ1) is 7.29. The lowest BCUT2D eigenvalue weighted by Crippen LogP contribution is -2.41. The summed E-state index contributed by atoms with van der Waals surface area (Å²) in [5.74, 6) is -2.76. The second-order valence-electron chi connectivity index (χ2n) is 3.09. The van der Waals surface area contributed by atoms with Crippen molar-refractivity contribution in [2.75, 3.05) is 20.2 Å². The first-order valence-corrected chi connectivity index (χ1v) is 4.90. The second-order valence-corrected chi connectivity index (χ2v) is 3.65. The molecule has 1 fully saturated rings. The van der Waals surface area contributed by atoms with E-state index in [-0.39, 0.29) is 11.5 Å². The zero-order valence-corrected chi connectivity index (χ0v) is 9.31. The number of ether oxygens (including phenoxy) is 1. The number of rotatable bonds is 1. The van der Waals surface area contributed by atoms with E-state index in [1.165, 1.54) is 0 Å². The van der Waals surface area contributed by atoms with Gasteiger partial charge < -0.3 is 15.2 Å². The lowest BCUT2D eigenvalue weighted by Gasteiger charge is -2.26. The average molecular weight is 264 g/mol. The molecule has 0 radical (unpaired) electrons. The average Bonchev–Trinajstić information content (AvgIpc) is 2.18. The van der Waals surface area contributed by atoms with E-state index >= 15 is 0 Å². The molecule has 1 aliphatic rings. The molecule has 0 aliphatic carbocycles. The molecule has 0 aromatic heterocycles. The van der Waals surface area contributed by atoms with Crippen molar-refractivity contribution in [3.63, 3.8) is 0 Å². The van der Waals surface area contributed by atoms with Crippen molar-refractivity contribution < 1.29 is 27.8 Å². The predicted octanol–water partition coefficient (Wildman–Crippen LogP) is 1.24. The Morgan fingerprint density at radius 2 is 2.06 bits per heavy atom. The fourth-order valence-electron chi connectivity index (χ4n) is 1.06. The number of carboxylic acid groups (broad SMARTS) is 1. The lowest BCUT2D eigenvalue weighted by molar-refractivity contribution is -0.192. The van der Waals surface area contributed by atoms with Crippen molar-refractivity contribution in [2.45, 2.75) is 24.1 Å². The van der Waals surface area contributed by atoms with Crippen molar-refractivity contribution in [2.24, 2.45) is 0 Å². The third kappa shape index (κ3) is 6.14. The largest absolute Gasteiger partial charge is 0.490 e. The third-order valence-electron chi connectivity index (χ3n) is 1.89.